The molecule has 0 rings (SSSR count). The van der Waals surface area contributed by atoms with Gasteiger partial charge in [-0.1, -0.05) is 0 Å². The highest BCUT2D eigenvalue weighted by atomic mass is 16.4. The number of rotatable bonds is 7. The van der Waals surface area contributed by atoms with E-state index in [4.69, 9.17) is 15.5 Å². The lowest BCUT2D eigenvalue weighted by molar-refractivity contribution is -0.140. The van der Waals surface area contributed by atoms with E-state index in [9.17, 15) is 9.59 Å². The van der Waals surface area contributed by atoms with Gasteiger partial charge in [-0.05, 0) is 6.42 Å². The predicted molar refractivity (Wildman–Crippen MR) is 46.5 cm³/mol. The van der Waals surface area contributed by atoms with Crippen molar-refractivity contribution in [2.75, 3.05) is 6.54 Å². The second kappa shape index (κ2) is 6.86. The monoisotopic (exact) mass is 200 g/mol. The van der Waals surface area contributed by atoms with Crippen molar-refractivity contribution in [2.45, 2.75) is 25.3 Å². The number of hydrogen-bond donors (Lipinski definition) is 3. The van der Waals surface area contributed by atoms with Gasteiger partial charge in [0.15, 0.2) is 0 Å². The second-order valence-corrected chi connectivity index (χ2v) is 2.69. The molecule has 78 valence electrons. The predicted octanol–water partition coefficient (Wildman–Crippen LogP) is -0.192. The molecular weight excluding hydrogens is 188 g/mol. The third kappa shape index (κ3) is 5.97. The van der Waals surface area contributed by atoms with E-state index >= 15 is 0 Å². The number of nitriles is 1. The SMILES string of the molecule is N#CCCNC(CCC(=O)O)C(=O)O. The van der Waals surface area contributed by atoms with Crippen LogP contribution in [0, 0.1) is 11.3 Å². The Hall–Kier alpha value is -1.61. The molecule has 0 spiro atoms. The minimum atomic E-state index is -1.09. The number of hydrogen-bond acceptors (Lipinski definition) is 4. The van der Waals surface area contributed by atoms with Crippen LogP contribution in [0.25, 0.3) is 0 Å². The molecule has 0 saturated heterocycles. The van der Waals surface area contributed by atoms with Crippen LogP contribution in [-0.4, -0.2) is 34.7 Å². The average molecular weight is 200 g/mol. The van der Waals surface area contributed by atoms with Crippen molar-refractivity contribution in [1.82, 2.24) is 5.32 Å². The Kier molecular flexibility index (Phi) is 6.07. The molecule has 0 bridgehead atoms. The number of carbonyl (C=O) groups is 2. The molecule has 0 aromatic carbocycles. The Balaban J connectivity index is 3.85. The van der Waals surface area contributed by atoms with E-state index in [0.29, 0.717) is 0 Å². The summed E-state index contributed by atoms with van der Waals surface area (Å²) in [5, 5.41) is 27.8. The van der Waals surface area contributed by atoms with Crippen LogP contribution in [0.15, 0.2) is 0 Å². The molecule has 1 unspecified atom stereocenters. The van der Waals surface area contributed by atoms with Crippen LogP contribution in [0.5, 0.6) is 0 Å². The third-order valence-electron chi connectivity index (χ3n) is 1.57. The van der Waals surface area contributed by atoms with Crippen molar-refractivity contribution in [3.05, 3.63) is 0 Å². The fraction of sp³-hybridized carbons (Fsp3) is 0.625. The van der Waals surface area contributed by atoms with Gasteiger partial charge in [0.2, 0.25) is 0 Å². The van der Waals surface area contributed by atoms with Gasteiger partial charge < -0.3 is 15.5 Å². The number of nitrogens with zero attached hydrogens (tertiary/aromatic N) is 1. The molecule has 14 heavy (non-hydrogen) atoms. The Morgan fingerprint density at radius 1 is 1.43 bits per heavy atom. The lowest BCUT2D eigenvalue weighted by Crippen LogP contribution is -2.37. The van der Waals surface area contributed by atoms with Crippen molar-refractivity contribution < 1.29 is 19.8 Å². The van der Waals surface area contributed by atoms with Gasteiger partial charge in [-0.15, -0.1) is 0 Å². The largest absolute Gasteiger partial charge is 0.481 e. The molecule has 0 aromatic rings. The maximum atomic E-state index is 10.6. The number of aliphatic carboxylic acids is 2. The summed E-state index contributed by atoms with van der Waals surface area (Å²) in [4.78, 5) is 20.8. The van der Waals surface area contributed by atoms with Gasteiger partial charge in [0.25, 0.3) is 0 Å². The van der Waals surface area contributed by atoms with Gasteiger partial charge in [-0.2, -0.15) is 5.26 Å². The Labute approximate surface area is 81.1 Å². The van der Waals surface area contributed by atoms with Crippen LogP contribution in [0.1, 0.15) is 19.3 Å². The first-order valence-electron chi connectivity index (χ1n) is 4.13. The van der Waals surface area contributed by atoms with E-state index in [1.165, 1.54) is 0 Å². The molecule has 0 fully saturated rings. The van der Waals surface area contributed by atoms with Gasteiger partial charge in [0.05, 0.1) is 6.07 Å². The minimum Gasteiger partial charge on any atom is -0.481 e. The highest BCUT2D eigenvalue weighted by molar-refractivity contribution is 5.75. The molecule has 0 saturated carbocycles. The van der Waals surface area contributed by atoms with E-state index in [2.05, 4.69) is 5.32 Å². The first-order valence-corrected chi connectivity index (χ1v) is 4.13. The van der Waals surface area contributed by atoms with E-state index in [1.807, 2.05) is 6.07 Å². The zero-order valence-electron chi connectivity index (χ0n) is 7.56. The summed E-state index contributed by atoms with van der Waals surface area (Å²) < 4.78 is 0. The van der Waals surface area contributed by atoms with Gasteiger partial charge in [-0.25, -0.2) is 0 Å². The molecule has 1 atom stereocenters. The summed E-state index contributed by atoms with van der Waals surface area (Å²) in [6.07, 6.45) is 0.0312. The van der Waals surface area contributed by atoms with E-state index in [1.54, 1.807) is 0 Å². The summed E-state index contributed by atoms with van der Waals surface area (Å²) in [6.45, 7) is 0.257. The van der Waals surface area contributed by atoms with Crippen molar-refractivity contribution in [1.29, 1.82) is 5.26 Å². The van der Waals surface area contributed by atoms with Crippen molar-refractivity contribution >= 4 is 11.9 Å². The first-order chi connectivity index (χ1) is 6.57. The van der Waals surface area contributed by atoms with Crippen molar-refractivity contribution in [3.8, 4) is 6.07 Å². The zero-order valence-corrected chi connectivity index (χ0v) is 7.56. The second-order valence-electron chi connectivity index (χ2n) is 2.69. The van der Waals surface area contributed by atoms with Crippen molar-refractivity contribution in [3.63, 3.8) is 0 Å². The maximum absolute atomic E-state index is 10.6. The van der Waals surface area contributed by atoms with Crippen LogP contribution in [-0.2, 0) is 9.59 Å². The standard InChI is InChI=1S/C8H12N2O4/c9-4-1-5-10-6(8(13)14)2-3-7(11)12/h6,10H,1-3,5H2,(H,11,12)(H,13,14). The molecule has 3 N–H and O–H groups in total. The van der Waals surface area contributed by atoms with Gasteiger partial charge in [-0.3, -0.25) is 9.59 Å². The summed E-state index contributed by atoms with van der Waals surface area (Å²) in [6, 6.07) is 0.966. The molecule has 6 heteroatoms. The number of nitrogens with one attached hydrogen (secondary N) is 1. The van der Waals surface area contributed by atoms with Gasteiger partial charge >= 0.3 is 11.9 Å². The molecular formula is C8H12N2O4. The Morgan fingerprint density at radius 2 is 2.07 bits per heavy atom. The van der Waals surface area contributed by atoms with Crippen LogP contribution >= 0.6 is 0 Å². The molecule has 0 aliphatic heterocycles. The summed E-state index contributed by atoms with van der Waals surface area (Å²) in [7, 11) is 0. The molecule has 0 aliphatic carbocycles. The fourth-order valence-electron chi connectivity index (χ4n) is 0.883. The summed E-state index contributed by atoms with van der Waals surface area (Å²) >= 11 is 0. The van der Waals surface area contributed by atoms with Gasteiger partial charge in [0, 0.05) is 19.4 Å². The first kappa shape index (κ1) is 12.4. The number of carboxylic acids is 2. The van der Waals surface area contributed by atoms with Crippen LogP contribution in [0.2, 0.25) is 0 Å². The van der Waals surface area contributed by atoms with E-state index < -0.39 is 18.0 Å². The third-order valence-corrected chi connectivity index (χ3v) is 1.57. The van der Waals surface area contributed by atoms with Crippen LogP contribution in [0.3, 0.4) is 0 Å². The minimum absolute atomic E-state index is 0.0239. The average Bonchev–Trinajstić information content (AvgIpc) is 2.10. The van der Waals surface area contributed by atoms with Crippen LogP contribution < -0.4 is 5.32 Å². The van der Waals surface area contributed by atoms with Crippen molar-refractivity contribution in [2.24, 2.45) is 0 Å². The van der Waals surface area contributed by atoms with E-state index in [-0.39, 0.29) is 25.8 Å². The molecule has 0 radical (unpaired) electrons. The lowest BCUT2D eigenvalue weighted by atomic mass is 10.1. The zero-order chi connectivity index (χ0) is 11.0. The number of carboxylic acid groups (broad SMARTS) is 2. The molecule has 0 aliphatic rings. The molecule has 0 amide bonds. The van der Waals surface area contributed by atoms with Gasteiger partial charge in [0.1, 0.15) is 6.04 Å². The lowest BCUT2D eigenvalue weighted by Gasteiger charge is -2.11. The fourth-order valence-corrected chi connectivity index (χ4v) is 0.883. The quantitative estimate of drug-likeness (QED) is 0.491. The molecule has 0 aromatic heterocycles. The molecule has 6 nitrogen and oxygen atoms in total. The highest BCUT2D eigenvalue weighted by Gasteiger charge is 2.17. The summed E-state index contributed by atoms with van der Waals surface area (Å²) in [5.74, 6) is -2.12. The Bertz CT molecular complexity index is 246. The van der Waals surface area contributed by atoms with E-state index in [0.717, 1.165) is 0 Å². The molecule has 0 heterocycles. The summed E-state index contributed by atoms with van der Waals surface area (Å²) in [5.41, 5.74) is 0. The Morgan fingerprint density at radius 3 is 2.50 bits per heavy atom. The smallest absolute Gasteiger partial charge is 0.320 e. The maximum Gasteiger partial charge on any atom is 0.320 e. The normalized spacial score (nSPS) is 11.6. The highest BCUT2D eigenvalue weighted by Crippen LogP contribution is 1.97. The topological polar surface area (TPSA) is 110 Å². The van der Waals surface area contributed by atoms with Crippen LogP contribution in [0.4, 0.5) is 0 Å².